The Kier molecular flexibility index (Phi) is 3.85. The van der Waals surface area contributed by atoms with E-state index >= 15 is 0 Å². The Morgan fingerprint density at radius 3 is 2.88 bits per heavy atom. The van der Waals surface area contributed by atoms with Crippen molar-refractivity contribution in [3.8, 4) is 0 Å². The second kappa shape index (κ2) is 5.04. The molecule has 0 aromatic carbocycles. The van der Waals surface area contributed by atoms with E-state index in [1.807, 2.05) is 18.7 Å². The molecule has 0 bridgehead atoms. The van der Waals surface area contributed by atoms with Gasteiger partial charge in [-0.05, 0) is 42.2 Å². The SMILES string of the molecule is Cc1nn(C)c(CN2CCCC2C(N)=S)c1Br. The minimum Gasteiger partial charge on any atom is -0.392 e. The first-order valence-electron chi connectivity index (χ1n) is 5.72. The fourth-order valence-electron chi connectivity index (χ4n) is 2.38. The molecule has 94 valence electrons. The van der Waals surface area contributed by atoms with Crippen molar-refractivity contribution in [1.29, 1.82) is 0 Å². The zero-order chi connectivity index (χ0) is 12.6. The van der Waals surface area contributed by atoms with Crippen molar-refractivity contribution in [3.05, 3.63) is 15.9 Å². The molecule has 1 fully saturated rings. The summed E-state index contributed by atoms with van der Waals surface area (Å²) in [5, 5.41) is 4.40. The summed E-state index contributed by atoms with van der Waals surface area (Å²) in [7, 11) is 1.97. The number of halogens is 1. The van der Waals surface area contributed by atoms with Crippen molar-refractivity contribution in [1.82, 2.24) is 14.7 Å². The molecule has 1 aromatic rings. The smallest absolute Gasteiger partial charge is 0.0902 e. The summed E-state index contributed by atoms with van der Waals surface area (Å²) in [6.45, 7) is 3.90. The first-order chi connectivity index (χ1) is 8.00. The summed E-state index contributed by atoms with van der Waals surface area (Å²) >= 11 is 8.71. The van der Waals surface area contributed by atoms with Gasteiger partial charge in [0.2, 0.25) is 0 Å². The van der Waals surface area contributed by atoms with Gasteiger partial charge < -0.3 is 5.73 Å². The summed E-state index contributed by atoms with van der Waals surface area (Å²) in [6, 6.07) is 0.243. The van der Waals surface area contributed by atoms with Gasteiger partial charge in [0.1, 0.15) is 0 Å². The zero-order valence-corrected chi connectivity index (χ0v) is 12.5. The van der Waals surface area contributed by atoms with Crippen LogP contribution >= 0.6 is 28.1 Å². The van der Waals surface area contributed by atoms with Crippen molar-refractivity contribution in [2.45, 2.75) is 32.4 Å². The quantitative estimate of drug-likeness (QED) is 0.863. The van der Waals surface area contributed by atoms with Gasteiger partial charge in [-0.1, -0.05) is 12.2 Å². The van der Waals surface area contributed by atoms with E-state index in [9.17, 15) is 0 Å². The number of hydrogen-bond acceptors (Lipinski definition) is 3. The van der Waals surface area contributed by atoms with Crippen LogP contribution in [0.1, 0.15) is 24.2 Å². The summed E-state index contributed by atoms with van der Waals surface area (Å²) < 4.78 is 3.02. The van der Waals surface area contributed by atoms with E-state index in [1.54, 1.807) is 0 Å². The Bertz CT molecular complexity index is 443. The van der Waals surface area contributed by atoms with E-state index < -0.39 is 0 Å². The van der Waals surface area contributed by atoms with Crippen LogP contribution in [-0.2, 0) is 13.6 Å². The van der Waals surface area contributed by atoms with Crippen LogP contribution in [-0.4, -0.2) is 32.3 Å². The molecule has 2 heterocycles. The molecule has 1 aliphatic heterocycles. The molecule has 0 aliphatic carbocycles. The fraction of sp³-hybridized carbons (Fsp3) is 0.636. The molecule has 6 heteroatoms. The lowest BCUT2D eigenvalue weighted by molar-refractivity contribution is 0.286. The molecule has 1 aromatic heterocycles. The third-order valence-electron chi connectivity index (χ3n) is 3.31. The molecular formula is C11H17BrN4S. The first kappa shape index (κ1) is 13.0. The molecule has 1 saturated heterocycles. The maximum absolute atomic E-state index is 5.78. The third-order valence-corrected chi connectivity index (χ3v) is 4.61. The summed E-state index contributed by atoms with van der Waals surface area (Å²) in [5.41, 5.74) is 7.99. The predicted molar refractivity (Wildman–Crippen MR) is 75.9 cm³/mol. The average molecular weight is 317 g/mol. The normalized spacial score (nSPS) is 21.0. The highest BCUT2D eigenvalue weighted by atomic mass is 79.9. The van der Waals surface area contributed by atoms with E-state index in [2.05, 4.69) is 25.9 Å². The highest BCUT2D eigenvalue weighted by Crippen LogP contribution is 2.25. The zero-order valence-electron chi connectivity index (χ0n) is 10.1. The Balaban J connectivity index is 2.18. The van der Waals surface area contributed by atoms with Crippen LogP contribution in [0.15, 0.2) is 4.47 Å². The molecule has 0 amide bonds. The molecule has 0 saturated carbocycles. The maximum atomic E-state index is 5.78. The van der Waals surface area contributed by atoms with Gasteiger partial charge >= 0.3 is 0 Å². The fourth-order valence-corrected chi connectivity index (χ4v) is 3.11. The molecule has 1 atom stereocenters. The van der Waals surface area contributed by atoms with E-state index in [1.165, 1.54) is 5.69 Å². The molecule has 2 N–H and O–H groups in total. The summed E-state index contributed by atoms with van der Waals surface area (Å²) in [5.74, 6) is 0. The van der Waals surface area contributed by atoms with E-state index in [0.717, 1.165) is 36.1 Å². The van der Waals surface area contributed by atoms with Gasteiger partial charge in [-0.15, -0.1) is 0 Å². The molecule has 0 radical (unpaired) electrons. The number of hydrogen-bond donors (Lipinski definition) is 1. The van der Waals surface area contributed by atoms with E-state index in [4.69, 9.17) is 18.0 Å². The van der Waals surface area contributed by atoms with Gasteiger partial charge in [-0.2, -0.15) is 5.10 Å². The monoisotopic (exact) mass is 316 g/mol. The Labute approximate surface area is 115 Å². The number of nitrogens with two attached hydrogens (primary N) is 1. The third kappa shape index (κ3) is 2.53. The highest BCUT2D eigenvalue weighted by molar-refractivity contribution is 9.10. The topological polar surface area (TPSA) is 47.1 Å². The van der Waals surface area contributed by atoms with E-state index in [0.29, 0.717) is 4.99 Å². The lowest BCUT2D eigenvalue weighted by Gasteiger charge is -2.23. The van der Waals surface area contributed by atoms with Crippen molar-refractivity contribution in [2.24, 2.45) is 12.8 Å². The minimum absolute atomic E-state index is 0.243. The lowest BCUT2D eigenvalue weighted by atomic mass is 10.2. The lowest BCUT2D eigenvalue weighted by Crippen LogP contribution is -2.39. The second-order valence-corrected chi connectivity index (χ2v) is 5.76. The van der Waals surface area contributed by atoms with Crippen LogP contribution in [0, 0.1) is 6.92 Å². The Morgan fingerprint density at radius 2 is 2.35 bits per heavy atom. The summed E-state index contributed by atoms with van der Waals surface area (Å²) in [4.78, 5) is 2.95. The van der Waals surface area contributed by atoms with Crippen molar-refractivity contribution in [3.63, 3.8) is 0 Å². The van der Waals surface area contributed by atoms with Crippen molar-refractivity contribution >= 4 is 33.1 Å². The molecule has 1 aliphatic rings. The molecular weight excluding hydrogens is 300 g/mol. The number of thiocarbonyl (C=S) groups is 1. The molecule has 4 nitrogen and oxygen atoms in total. The van der Waals surface area contributed by atoms with Gasteiger partial charge in [0.25, 0.3) is 0 Å². The number of nitrogens with zero attached hydrogens (tertiary/aromatic N) is 3. The van der Waals surface area contributed by atoms with Gasteiger partial charge in [0.15, 0.2) is 0 Å². The maximum Gasteiger partial charge on any atom is 0.0902 e. The molecule has 17 heavy (non-hydrogen) atoms. The van der Waals surface area contributed by atoms with Crippen molar-refractivity contribution in [2.75, 3.05) is 6.54 Å². The molecule has 0 spiro atoms. The van der Waals surface area contributed by atoms with Gasteiger partial charge in [0.05, 0.1) is 26.9 Å². The second-order valence-electron chi connectivity index (χ2n) is 4.50. The summed E-state index contributed by atoms with van der Waals surface area (Å²) in [6.07, 6.45) is 2.24. The number of rotatable bonds is 3. The Morgan fingerprint density at radius 1 is 1.65 bits per heavy atom. The number of aromatic nitrogens is 2. The Hall–Kier alpha value is -0.460. The van der Waals surface area contributed by atoms with Gasteiger partial charge in [-0.25, -0.2) is 0 Å². The van der Waals surface area contributed by atoms with Gasteiger partial charge in [0, 0.05) is 13.6 Å². The molecule has 1 unspecified atom stereocenters. The van der Waals surface area contributed by atoms with Crippen LogP contribution < -0.4 is 5.73 Å². The minimum atomic E-state index is 0.243. The first-order valence-corrected chi connectivity index (χ1v) is 6.92. The highest BCUT2D eigenvalue weighted by Gasteiger charge is 2.28. The van der Waals surface area contributed by atoms with Crippen LogP contribution in [0.2, 0.25) is 0 Å². The van der Waals surface area contributed by atoms with Gasteiger partial charge in [-0.3, -0.25) is 9.58 Å². The largest absolute Gasteiger partial charge is 0.392 e. The number of aryl methyl sites for hydroxylation is 2. The predicted octanol–water partition coefficient (Wildman–Crippen LogP) is 1.74. The average Bonchev–Trinajstić information content (AvgIpc) is 2.80. The molecule has 2 rings (SSSR count). The van der Waals surface area contributed by atoms with Crippen LogP contribution in [0.5, 0.6) is 0 Å². The van der Waals surface area contributed by atoms with Crippen molar-refractivity contribution < 1.29 is 0 Å². The standard InChI is InChI=1S/C11H17BrN4S/c1-7-10(12)9(15(2)14-7)6-16-5-3-4-8(16)11(13)17/h8H,3-6H2,1-2H3,(H2,13,17). The van der Waals surface area contributed by atoms with Crippen LogP contribution in [0.3, 0.4) is 0 Å². The van der Waals surface area contributed by atoms with Crippen LogP contribution in [0.25, 0.3) is 0 Å². The number of likely N-dealkylation sites (tertiary alicyclic amines) is 1. The van der Waals surface area contributed by atoms with E-state index in [-0.39, 0.29) is 6.04 Å². The van der Waals surface area contributed by atoms with Crippen LogP contribution in [0.4, 0.5) is 0 Å².